The Kier molecular flexibility index (Phi) is 4.53. The lowest BCUT2D eigenvalue weighted by Gasteiger charge is -2.27. The molecular formula is C15H14ClFN4O3S. The number of benzene rings is 1. The second-order valence-electron chi connectivity index (χ2n) is 5.34. The van der Waals surface area contributed by atoms with Crippen LogP contribution in [0.5, 0.6) is 11.5 Å². The van der Waals surface area contributed by atoms with Gasteiger partial charge < -0.3 is 10.5 Å². The number of nitrogens with zero attached hydrogens (tertiary/aromatic N) is 3. The average molecular weight is 385 g/mol. The number of pyridine rings is 1. The molecule has 0 bridgehead atoms. The fraction of sp³-hybridized carbons (Fsp3) is 0.200. The quantitative estimate of drug-likeness (QED) is 0.875. The molecule has 0 aliphatic carbocycles. The molecule has 1 unspecified atom stereocenters. The van der Waals surface area contributed by atoms with Crippen LogP contribution >= 0.6 is 11.6 Å². The SMILES string of the molecule is CN1C(N)=NC(c2cc(Oc3cnccc3Cl)ccc2F)CS1(=O)=O. The van der Waals surface area contributed by atoms with Gasteiger partial charge in [0, 0.05) is 18.8 Å². The molecule has 0 amide bonds. The predicted molar refractivity (Wildman–Crippen MR) is 91.6 cm³/mol. The van der Waals surface area contributed by atoms with E-state index in [0.29, 0.717) is 10.8 Å². The third kappa shape index (κ3) is 3.52. The summed E-state index contributed by atoms with van der Waals surface area (Å²) >= 11 is 6.00. The molecule has 0 radical (unpaired) electrons. The van der Waals surface area contributed by atoms with Gasteiger partial charge in [0.15, 0.2) is 5.75 Å². The predicted octanol–water partition coefficient (Wildman–Crippen LogP) is 2.30. The van der Waals surface area contributed by atoms with Gasteiger partial charge in [0.05, 0.1) is 23.0 Å². The van der Waals surface area contributed by atoms with Crippen LogP contribution in [0.4, 0.5) is 4.39 Å². The Morgan fingerprint density at radius 3 is 2.84 bits per heavy atom. The molecule has 0 saturated heterocycles. The summed E-state index contributed by atoms with van der Waals surface area (Å²) in [5.41, 5.74) is 5.70. The van der Waals surface area contributed by atoms with E-state index in [2.05, 4.69) is 9.98 Å². The van der Waals surface area contributed by atoms with E-state index in [1.165, 1.54) is 37.6 Å². The van der Waals surface area contributed by atoms with Gasteiger partial charge in [-0.15, -0.1) is 0 Å². The number of hydrogen-bond donors (Lipinski definition) is 1. The first kappa shape index (κ1) is 17.4. The van der Waals surface area contributed by atoms with E-state index in [1.807, 2.05) is 0 Å². The van der Waals surface area contributed by atoms with Gasteiger partial charge in [-0.05, 0) is 24.3 Å². The number of rotatable bonds is 3. The fourth-order valence-corrected chi connectivity index (χ4v) is 3.65. The molecule has 2 aromatic rings. The molecule has 2 N–H and O–H groups in total. The summed E-state index contributed by atoms with van der Waals surface area (Å²) in [6, 6.07) is 4.54. The Balaban J connectivity index is 1.97. The number of guanidine groups is 1. The maximum atomic E-state index is 14.2. The number of hydrogen-bond acceptors (Lipinski definition) is 6. The zero-order valence-electron chi connectivity index (χ0n) is 13.1. The van der Waals surface area contributed by atoms with Crippen molar-refractivity contribution in [2.45, 2.75) is 6.04 Å². The van der Waals surface area contributed by atoms with Crippen LogP contribution in [0.2, 0.25) is 5.02 Å². The number of nitrogens with two attached hydrogens (primary N) is 1. The van der Waals surface area contributed by atoms with Crippen molar-refractivity contribution >= 4 is 27.6 Å². The van der Waals surface area contributed by atoms with Gasteiger partial charge in [-0.1, -0.05) is 11.6 Å². The Morgan fingerprint density at radius 2 is 2.16 bits per heavy atom. The topological polar surface area (TPSA) is 97.9 Å². The zero-order chi connectivity index (χ0) is 18.2. The lowest BCUT2D eigenvalue weighted by atomic mass is 10.1. The van der Waals surface area contributed by atoms with Crippen molar-refractivity contribution in [3.63, 3.8) is 0 Å². The first-order valence-electron chi connectivity index (χ1n) is 7.14. The number of ether oxygens (including phenoxy) is 1. The minimum absolute atomic E-state index is 0.0668. The highest BCUT2D eigenvalue weighted by Crippen LogP contribution is 2.33. The van der Waals surface area contributed by atoms with Gasteiger partial charge in [-0.2, -0.15) is 0 Å². The minimum Gasteiger partial charge on any atom is -0.454 e. The van der Waals surface area contributed by atoms with E-state index in [4.69, 9.17) is 22.1 Å². The maximum absolute atomic E-state index is 14.2. The minimum atomic E-state index is -3.66. The lowest BCUT2D eigenvalue weighted by molar-refractivity contribution is 0.474. The Bertz CT molecular complexity index is 952. The second-order valence-corrected chi connectivity index (χ2v) is 7.79. The van der Waals surface area contributed by atoms with Gasteiger partial charge in [-0.3, -0.25) is 4.98 Å². The van der Waals surface area contributed by atoms with Gasteiger partial charge in [0.2, 0.25) is 16.0 Å². The first-order chi connectivity index (χ1) is 11.8. The molecule has 0 saturated carbocycles. The summed E-state index contributed by atoms with van der Waals surface area (Å²) in [6.07, 6.45) is 2.92. The third-order valence-corrected chi connectivity index (χ3v) is 5.76. The van der Waals surface area contributed by atoms with Crippen LogP contribution in [0.1, 0.15) is 11.6 Å². The number of aromatic nitrogens is 1. The van der Waals surface area contributed by atoms with Crippen LogP contribution in [-0.4, -0.2) is 36.5 Å². The molecule has 7 nitrogen and oxygen atoms in total. The van der Waals surface area contributed by atoms with Gasteiger partial charge in [0.25, 0.3) is 0 Å². The van der Waals surface area contributed by atoms with Crippen LogP contribution in [0.25, 0.3) is 0 Å². The van der Waals surface area contributed by atoms with E-state index >= 15 is 0 Å². The van der Waals surface area contributed by atoms with Crippen molar-refractivity contribution in [3.8, 4) is 11.5 Å². The highest BCUT2D eigenvalue weighted by atomic mass is 35.5. The van der Waals surface area contributed by atoms with E-state index in [0.717, 1.165) is 4.31 Å². The molecule has 1 aliphatic rings. The first-order valence-corrected chi connectivity index (χ1v) is 9.13. The highest BCUT2D eigenvalue weighted by Gasteiger charge is 2.32. The van der Waals surface area contributed by atoms with Crippen molar-refractivity contribution in [1.82, 2.24) is 9.29 Å². The monoisotopic (exact) mass is 384 g/mol. The van der Waals surface area contributed by atoms with Gasteiger partial charge in [0.1, 0.15) is 11.6 Å². The smallest absolute Gasteiger partial charge is 0.239 e. The molecule has 1 atom stereocenters. The number of halogens is 2. The molecular weight excluding hydrogens is 371 g/mol. The Hall–Kier alpha value is -2.39. The lowest BCUT2D eigenvalue weighted by Crippen LogP contribution is -2.45. The fourth-order valence-electron chi connectivity index (χ4n) is 2.30. The van der Waals surface area contributed by atoms with Gasteiger partial charge in [-0.25, -0.2) is 22.1 Å². The van der Waals surface area contributed by atoms with E-state index in [1.54, 1.807) is 6.07 Å². The van der Waals surface area contributed by atoms with E-state index < -0.39 is 27.6 Å². The molecule has 10 heteroatoms. The summed E-state index contributed by atoms with van der Waals surface area (Å²) in [6.45, 7) is 0. The van der Waals surface area contributed by atoms with Gasteiger partial charge >= 0.3 is 0 Å². The molecule has 1 aromatic heterocycles. The van der Waals surface area contributed by atoms with E-state index in [-0.39, 0.29) is 17.3 Å². The van der Waals surface area contributed by atoms with E-state index in [9.17, 15) is 12.8 Å². The largest absolute Gasteiger partial charge is 0.454 e. The molecule has 0 fully saturated rings. The summed E-state index contributed by atoms with van der Waals surface area (Å²) in [5, 5.41) is 0.338. The molecule has 1 aliphatic heterocycles. The third-order valence-electron chi connectivity index (χ3n) is 3.68. The Morgan fingerprint density at radius 1 is 1.40 bits per heavy atom. The van der Waals surface area contributed by atoms with Crippen LogP contribution in [0, 0.1) is 5.82 Å². The summed E-state index contributed by atoms with van der Waals surface area (Å²) in [4.78, 5) is 7.96. The van der Waals surface area contributed by atoms with Crippen molar-refractivity contribution < 1.29 is 17.5 Å². The van der Waals surface area contributed by atoms with Crippen LogP contribution in [0.3, 0.4) is 0 Å². The van der Waals surface area contributed by atoms with Crippen molar-refractivity contribution in [3.05, 3.63) is 53.1 Å². The summed E-state index contributed by atoms with van der Waals surface area (Å²) < 4.78 is 44.9. The number of aliphatic imine (C=N–C) groups is 1. The maximum Gasteiger partial charge on any atom is 0.239 e. The molecule has 1 aromatic carbocycles. The summed E-state index contributed by atoms with van der Waals surface area (Å²) in [5.74, 6) is -0.626. The molecule has 3 rings (SSSR count). The Labute approximate surface area is 149 Å². The number of sulfonamides is 1. The van der Waals surface area contributed by atoms with Crippen LogP contribution in [0.15, 0.2) is 41.7 Å². The molecule has 25 heavy (non-hydrogen) atoms. The van der Waals surface area contributed by atoms with Crippen molar-refractivity contribution in [1.29, 1.82) is 0 Å². The molecule has 2 heterocycles. The molecule has 132 valence electrons. The van der Waals surface area contributed by atoms with Crippen LogP contribution in [-0.2, 0) is 10.0 Å². The zero-order valence-corrected chi connectivity index (χ0v) is 14.6. The van der Waals surface area contributed by atoms with Crippen LogP contribution < -0.4 is 10.5 Å². The standard InChI is InChI=1S/C15H14ClFN4O3S/c1-21-15(18)20-13(8-25(21,22)23)10-6-9(2-3-12(10)17)24-14-7-19-5-4-11(14)16/h2-7,13H,8H2,1H3,(H2,18,20). The van der Waals surface area contributed by atoms with Crippen molar-refractivity contribution in [2.24, 2.45) is 10.7 Å². The highest BCUT2D eigenvalue weighted by molar-refractivity contribution is 7.89. The second kappa shape index (κ2) is 6.49. The average Bonchev–Trinajstić information content (AvgIpc) is 2.56. The van der Waals surface area contributed by atoms with Crippen molar-refractivity contribution in [2.75, 3.05) is 12.8 Å². The summed E-state index contributed by atoms with van der Waals surface area (Å²) in [7, 11) is -2.37. The molecule has 0 spiro atoms. The normalized spacial score (nSPS) is 19.4.